The summed E-state index contributed by atoms with van der Waals surface area (Å²) in [6.45, 7) is 8.45. The van der Waals surface area contributed by atoms with Crippen molar-refractivity contribution in [2.24, 2.45) is 5.41 Å². The van der Waals surface area contributed by atoms with Gasteiger partial charge in [-0.25, -0.2) is 14.5 Å². The van der Waals surface area contributed by atoms with E-state index in [9.17, 15) is 19.5 Å². The maximum atomic E-state index is 13.8. The summed E-state index contributed by atoms with van der Waals surface area (Å²) < 4.78 is 6.50. The molecule has 48 heavy (non-hydrogen) atoms. The highest BCUT2D eigenvalue weighted by Gasteiger charge is 2.63. The Balaban J connectivity index is 1.41. The van der Waals surface area contributed by atoms with Crippen LogP contribution in [0.2, 0.25) is 0 Å². The number of hydrogen-bond donors (Lipinski definition) is 2. The van der Waals surface area contributed by atoms with Crippen LogP contribution in [-0.4, -0.2) is 40.7 Å². The molecule has 8 heteroatoms. The number of benzene rings is 4. The molecule has 2 N–H and O–H groups in total. The largest absolute Gasteiger partial charge is 0.478 e. The molecule has 0 spiro atoms. The van der Waals surface area contributed by atoms with Gasteiger partial charge < -0.3 is 20.1 Å². The first-order valence-corrected chi connectivity index (χ1v) is 16.8. The SMILES string of the molecule is CCC[C@H](NC(=O)N1C(=O)C(CC)(CC)[C@@H]1Oc1ccc(C(=O)O)c(CCN(c2ccccc2)c2ccccc2)c1)c1ccc(C)cc1. The lowest BCUT2D eigenvalue weighted by molar-refractivity contribution is -0.191. The Kier molecular flexibility index (Phi) is 10.8. The highest BCUT2D eigenvalue weighted by atomic mass is 16.5. The first kappa shape index (κ1) is 34.2. The molecule has 1 heterocycles. The number of nitrogens with zero attached hydrogens (tertiary/aromatic N) is 2. The average Bonchev–Trinajstić information content (AvgIpc) is 3.10. The lowest BCUT2D eigenvalue weighted by Gasteiger charge is -2.53. The third-order valence-electron chi connectivity index (χ3n) is 9.48. The van der Waals surface area contributed by atoms with E-state index >= 15 is 0 Å². The Hall–Kier alpha value is -5.11. The van der Waals surface area contributed by atoms with Crippen molar-refractivity contribution in [2.75, 3.05) is 11.4 Å². The number of imide groups is 1. The van der Waals surface area contributed by atoms with E-state index in [0.29, 0.717) is 37.1 Å². The standard InChI is InChI=1S/C40H45N3O5/c1-5-14-35(29-21-19-28(4)20-22-29)41-39(47)43-37(46)40(6-2,7-3)38(43)48-33-23-24-34(36(44)45)30(27-33)25-26-42(31-15-10-8-11-16-31)32-17-12-9-13-18-32/h8-13,15-24,27,35,38H,5-7,14,25-26H2,1-4H3,(H,41,47)(H,44,45)/t35-,38-/m0/s1. The second-order valence-corrected chi connectivity index (χ2v) is 12.4. The number of carboxylic acids is 1. The minimum absolute atomic E-state index is 0.181. The van der Waals surface area contributed by atoms with Crippen LogP contribution in [0.4, 0.5) is 16.2 Å². The number of para-hydroxylation sites is 2. The number of ether oxygens (including phenoxy) is 1. The Labute approximate surface area is 283 Å². The third kappa shape index (κ3) is 7.08. The van der Waals surface area contributed by atoms with Crippen LogP contribution >= 0.6 is 0 Å². The van der Waals surface area contributed by atoms with Gasteiger partial charge in [-0.15, -0.1) is 0 Å². The number of likely N-dealkylation sites (tertiary alicyclic amines) is 1. The van der Waals surface area contributed by atoms with Gasteiger partial charge in [0.05, 0.1) is 11.6 Å². The summed E-state index contributed by atoms with van der Waals surface area (Å²) >= 11 is 0. The monoisotopic (exact) mass is 647 g/mol. The van der Waals surface area contributed by atoms with Crippen molar-refractivity contribution in [3.8, 4) is 5.75 Å². The normalized spacial score (nSPS) is 15.7. The van der Waals surface area contributed by atoms with Gasteiger partial charge in [0.25, 0.3) is 0 Å². The molecule has 0 saturated carbocycles. The number of carboxylic acid groups (broad SMARTS) is 1. The minimum Gasteiger partial charge on any atom is -0.478 e. The summed E-state index contributed by atoms with van der Waals surface area (Å²) in [5, 5.41) is 13.2. The number of anilines is 2. The molecule has 4 aromatic rings. The quantitative estimate of drug-likeness (QED) is 0.133. The first-order chi connectivity index (χ1) is 23.2. The van der Waals surface area contributed by atoms with Gasteiger partial charge in [-0.2, -0.15) is 0 Å². The first-order valence-electron chi connectivity index (χ1n) is 16.8. The van der Waals surface area contributed by atoms with Crippen molar-refractivity contribution in [1.29, 1.82) is 0 Å². The number of urea groups is 1. The summed E-state index contributed by atoms with van der Waals surface area (Å²) in [6.07, 6.45) is 2.14. The number of nitrogens with one attached hydrogen (secondary N) is 1. The van der Waals surface area contributed by atoms with Crippen molar-refractivity contribution >= 4 is 29.3 Å². The molecule has 8 nitrogen and oxygen atoms in total. The van der Waals surface area contributed by atoms with E-state index in [2.05, 4.69) is 17.1 Å². The predicted molar refractivity (Wildman–Crippen MR) is 189 cm³/mol. The number of carbonyl (C=O) groups excluding carboxylic acids is 2. The van der Waals surface area contributed by atoms with Gasteiger partial charge in [0.15, 0.2) is 6.23 Å². The van der Waals surface area contributed by atoms with Crippen LogP contribution in [0.5, 0.6) is 5.75 Å². The minimum atomic E-state index is -1.03. The van der Waals surface area contributed by atoms with Gasteiger partial charge in [-0.3, -0.25) is 4.79 Å². The van der Waals surface area contributed by atoms with E-state index < -0.39 is 23.6 Å². The number of amides is 3. The molecule has 250 valence electrons. The van der Waals surface area contributed by atoms with E-state index in [-0.39, 0.29) is 17.5 Å². The fourth-order valence-corrected chi connectivity index (χ4v) is 6.57. The molecule has 0 unspecified atom stereocenters. The number of rotatable bonds is 14. The average molecular weight is 648 g/mol. The highest BCUT2D eigenvalue weighted by molar-refractivity contribution is 6.03. The molecule has 4 aromatic carbocycles. The van der Waals surface area contributed by atoms with Gasteiger partial charge in [-0.1, -0.05) is 93.4 Å². The molecular formula is C40H45N3O5. The van der Waals surface area contributed by atoms with Gasteiger partial charge in [0.2, 0.25) is 5.91 Å². The van der Waals surface area contributed by atoms with Crippen LogP contribution in [0, 0.1) is 12.3 Å². The van der Waals surface area contributed by atoms with Crippen molar-refractivity contribution in [2.45, 2.75) is 72.1 Å². The van der Waals surface area contributed by atoms with Gasteiger partial charge in [0, 0.05) is 17.9 Å². The van der Waals surface area contributed by atoms with Gasteiger partial charge in [0.1, 0.15) is 11.2 Å². The molecule has 0 aromatic heterocycles. The molecule has 5 rings (SSSR count). The van der Waals surface area contributed by atoms with Crippen LogP contribution < -0.4 is 15.0 Å². The molecular weight excluding hydrogens is 602 g/mol. The number of β-lactam (4-membered cyclic amide) rings is 1. The maximum absolute atomic E-state index is 13.8. The maximum Gasteiger partial charge on any atom is 0.335 e. The Morgan fingerprint density at radius 2 is 1.50 bits per heavy atom. The van der Waals surface area contributed by atoms with E-state index in [4.69, 9.17) is 4.74 Å². The fraction of sp³-hybridized carbons (Fsp3) is 0.325. The number of hydrogen-bond acceptors (Lipinski definition) is 5. The number of aryl methyl sites for hydroxylation is 1. The zero-order valence-electron chi connectivity index (χ0n) is 28.2. The van der Waals surface area contributed by atoms with Crippen LogP contribution in [0.25, 0.3) is 0 Å². The molecule has 0 radical (unpaired) electrons. The molecule has 1 fully saturated rings. The van der Waals surface area contributed by atoms with Crippen molar-refractivity contribution in [1.82, 2.24) is 10.2 Å². The van der Waals surface area contributed by atoms with E-state index in [1.165, 1.54) is 4.90 Å². The second kappa shape index (κ2) is 15.2. The zero-order chi connectivity index (χ0) is 34.3. The Morgan fingerprint density at radius 1 is 0.896 bits per heavy atom. The van der Waals surface area contributed by atoms with Crippen LogP contribution in [0.1, 0.15) is 79.5 Å². The Morgan fingerprint density at radius 3 is 2.04 bits per heavy atom. The molecule has 1 aliphatic heterocycles. The lowest BCUT2D eigenvalue weighted by Crippen LogP contribution is -2.73. The van der Waals surface area contributed by atoms with Crippen molar-refractivity contribution in [3.63, 3.8) is 0 Å². The predicted octanol–water partition coefficient (Wildman–Crippen LogP) is 8.68. The zero-order valence-corrected chi connectivity index (χ0v) is 28.2. The van der Waals surface area contributed by atoms with Gasteiger partial charge in [-0.05, 0) is 86.2 Å². The molecule has 1 saturated heterocycles. The van der Waals surface area contributed by atoms with E-state index in [1.54, 1.807) is 18.2 Å². The number of aromatic carboxylic acids is 1. The molecule has 3 amide bonds. The fourth-order valence-electron chi connectivity index (χ4n) is 6.57. The van der Waals surface area contributed by atoms with Crippen LogP contribution in [-0.2, 0) is 11.2 Å². The molecule has 2 atom stereocenters. The lowest BCUT2D eigenvalue weighted by atomic mass is 9.72. The molecule has 0 bridgehead atoms. The molecule has 0 aliphatic carbocycles. The smallest absolute Gasteiger partial charge is 0.335 e. The number of carbonyl (C=O) groups is 3. The summed E-state index contributed by atoms with van der Waals surface area (Å²) in [4.78, 5) is 43.1. The van der Waals surface area contributed by atoms with E-state index in [1.807, 2.05) is 106 Å². The van der Waals surface area contributed by atoms with E-state index in [0.717, 1.165) is 35.3 Å². The Bertz CT molecular complexity index is 1660. The second-order valence-electron chi connectivity index (χ2n) is 12.4. The van der Waals surface area contributed by atoms with Crippen molar-refractivity contribution < 1.29 is 24.2 Å². The summed E-state index contributed by atoms with van der Waals surface area (Å²) in [7, 11) is 0. The van der Waals surface area contributed by atoms with Crippen LogP contribution in [0.15, 0.2) is 103 Å². The summed E-state index contributed by atoms with van der Waals surface area (Å²) in [5.74, 6) is -0.888. The topological polar surface area (TPSA) is 99.2 Å². The molecule has 1 aliphatic rings. The third-order valence-corrected chi connectivity index (χ3v) is 9.48. The van der Waals surface area contributed by atoms with Crippen molar-refractivity contribution in [3.05, 3.63) is 125 Å². The van der Waals surface area contributed by atoms with Crippen LogP contribution in [0.3, 0.4) is 0 Å². The summed E-state index contributed by atoms with van der Waals surface area (Å²) in [6, 6.07) is 32.1. The summed E-state index contributed by atoms with van der Waals surface area (Å²) in [5.41, 5.74) is 4.00. The van der Waals surface area contributed by atoms with Gasteiger partial charge >= 0.3 is 12.0 Å². The highest BCUT2D eigenvalue weighted by Crippen LogP contribution is 2.46.